The average molecular weight is 592 g/mol. The fourth-order valence-corrected chi connectivity index (χ4v) is 8.10. The molecule has 2 aliphatic rings. The number of nitrogens with zero attached hydrogens (tertiary/aromatic N) is 3. The highest BCUT2D eigenvalue weighted by Crippen LogP contribution is 2.52. The molecular weight excluding hydrogens is 566 g/mol. The van der Waals surface area contributed by atoms with E-state index < -0.39 is 0 Å². The average Bonchev–Trinajstić information content (AvgIpc) is 3.69. The highest BCUT2D eigenvalue weighted by molar-refractivity contribution is 6.25. The molecule has 5 heteroatoms. The van der Waals surface area contributed by atoms with Crippen molar-refractivity contribution in [1.82, 2.24) is 14.5 Å². The lowest BCUT2D eigenvalue weighted by atomic mass is 9.82. The summed E-state index contributed by atoms with van der Waals surface area (Å²) in [6.07, 6.45) is 0. The van der Waals surface area contributed by atoms with Crippen LogP contribution < -0.4 is 4.74 Å². The minimum absolute atomic E-state index is 0.152. The quantitative estimate of drug-likeness (QED) is 0.191. The van der Waals surface area contributed by atoms with Gasteiger partial charge in [-0.25, -0.2) is 9.97 Å². The normalized spacial score (nSPS) is 14.2. The lowest BCUT2D eigenvalue weighted by molar-refractivity contribution is 0.486. The Morgan fingerprint density at radius 1 is 0.587 bits per heavy atom. The molecule has 0 N–H and O–H groups in total. The molecule has 3 aromatic heterocycles. The Bertz CT molecular complexity index is 2820. The number of hydrogen-bond acceptors (Lipinski definition) is 4. The standard InChI is InChI=1S/C41H25N3O2/c1-41(2)28-13-6-3-10-22(28)26-20-27-23-18-19-35-36(24-11-4-7-15-32(24)45-35)39(23)44(31(27)21-29(26)41)40-42-30-14-9-17-34-37(30)38(43-40)25-12-5-8-16-33(25)46-34/h3-21H,1-2H3. The number of fused-ring (bicyclic) bond motifs is 12. The van der Waals surface area contributed by atoms with Crippen molar-refractivity contribution in [2.75, 3.05) is 0 Å². The van der Waals surface area contributed by atoms with Gasteiger partial charge in [-0.1, -0.05) is 74.5 Å². The second-order valence-electron chi connectivity index (χ2n) is 13.0. The fourth-order valence-electron chi connectivity index (χ4n) is 8.10. The Balaban J connectivity index is 1.35. The number of hydrogen-bond donors (Lipinski definition) is 0. The zero-order valence-corrected chi connectivity index (χ0v) is 25.1. The molecule has 4 heterocycles. The largest absolute Gasteiger partial charge is 0.456 e. The van der Waals surface area contributed by atoms with Crippen LogP contribution >= 0.6 is 0 Å². The van der Waals surface area contributed by atoms with Crippen LogP contribution in [0.1, 0.15) is 25.0 Å². The summed E-state index contributed by atoms with van der Waals surface area (Å²) in [4.78, 5) is 10.7. The van der Waals surface area contributed by atoms with E-state index in [-0.39, 0.29) is 5.41 Å². The molecule has 0 saturated heterocycles. The van der Waals surface area contributed by atoms with Crippen LogP contribution in [0.15, 0.2) is 120 Å². The monoisotopic (exact) mass is 591 g/mol. The molecule has 216 valence electrons. The van der Waals surface area contributed by atoms with Crippen molar-refractivity contribution in [3.63, 3.8) is 0 Å². The van der Waals surface area contributed by atoms with Gasteiger partial charge in [0.25, 0.3) is 0 Å². The Morgan fingerprint density at radius 3 is 2.33 bits per heavy atom. The molecule has 0 fully saturated rings. The van der Waals surface area contributed by atoms with E-state index in [1.54, 1.807) is 0 Å². The van der Waals surface area contributed by atoms with Gasteiger partial charge in [0.15, 0.2) is 0 Å². The molecule has 0 unspecified atom stereocenters. The van der Waals surface area contributed by atoms with Gasteiger partial charge in [-0.05, 0) is 76.9 Å². The summed E-state index contributed by atoms with van der Waals surface area (Å²) in [5.41, 5.74) is 11.6. The molecule has 0 bridgehead atoms. The van der Waals surface area contributed by atoms with Crippen LogP contribution in [-0.4, -0.2) is 14.5 Å². The van der Waals surface area contributed by atoms with E-state index in [1.165, 1.54) is 27.6 Å². The lowest BCUT2D eigenvalue weighted by Gasteiger charge is -2.22. The number of aromatic nitrogens is 3. The van der Waals surface area contributed by atoms with Gasteiger partial charge in [0.1, 0.15) is 22.7 Å². The molecule has 6 aromatic carbocycles. The van der Waals surface area contributed by atoms with E-state index in [0.29, 0.717) is 5.95 Å². The summed E-state index contributed by atoms with van der Waals surface area (Å²) in [6, 6.07) is 40.3. The molecule has 1 aliphatic heterocycles. The van der Waals surface area contributed by atoms with Crippen LogP contribution in [0.5, 0.6) is 11.5 Å². The zero-order chi connectivity index (χ0) is 30.3. The van der Waals surface area contributed by atoms with Crippen LogP contribution in [0.2, 0.25) is 0 Å². The van der Waals surface area contributed by atoms with Crippen molar-refractivity contribution in [2.24, 2.45) is 0 Å². The predicted octanol–water partition coefficient (Wildman–Crippen LogP) is 10.7. The number of rotatable bonds is 1. The maximum atomic E-state index is 6.42. The Hall–Kier alpha value is -5.94. The topological polar surface area (TPSA) is 53.1 Å². The van der Waals surface area contributed by atoms with Crippen LogP contribution in [0.25, 0.3) is 83.0 Å². The smallest absolute Gasteiger partial charge is 0.235 e. The van der Waals surface area contributed by atoms with Crippen molar-refractivity contribution in [3.8, 4) is 39.8 Å². The third kappa shape index (κ3) is 2.91. The van der Waals surface area contributed by atoms with Crippen LogP contribution in [0, 0.1) is 0 Å². The zero-order valence-electron chi connectivity index (χ0n) is 25.1. The predicted molar refractivity (Wildman–Crippen MR) is 184 cm³/mol. The van der Waals surface area contributed by atoms with Crippen molar-refractivity contribution >= 4 is 54.6 Å². The van der Waals surface area contributed by atoms with Gasteiger partial charge in [-0.3, -0.25) is 4.57 Å². The second-order valence-corrected chi connectivity index (χ2v) is 13.0. The first-order chi connectivity index (χ1) is 22.6. The van der Waals surface area contributed by atoms with Gasteiger partial charge < -0.3 is 9.15 Å². The van der Waals surface area contributed by atoms with E-state index in [1.807, 2.05) is 42.5 Å². The highest BCUT2D eigenvalue weighted by Gasteiger charge is 2.36. The van der Waals surface area contributed by atoms with Gasteiger partial charge in [0.2, 0.25) is 5.95 Å². The SMILES string of the molecule is CC1(C)c2ccccc2-c2cc3c4ccc5oc6ccccc6c5c4n(-c4nc5c6c(cccc6n4)Oc4ccccc4-5)c3cc21. The first-order valence-corrected chi connectivity index (χ1v) is 15.7. The van der Waals surface area contributed by atoms with Crippen molar-refractivity contribution in [3.05, 3.63) is 126 Å². The summed E-state index contributed by atoms with van der Waals surface area (Å²) in [6.45, 7) is 4.65. The number of para-hydroxylation sites is 2. The number of ether oxygens (including phenoxy) is 1. The van der Waals surface area contributed by atoms with Gasteiger partial charge in [0, 0.05) is 27.1 Å². The number of benzene rings is 6. The minimum atomic E-state index is -0.152. The molecule has 1 aliphatic carbocycles. The molecule has 0 radical (unpaired) electrons. The first kappa shape index (κ1) is 24.4. The summed E-state index contributed by atoms with van der Waals surface area (Å²) in [5.74, 6) is 2.21. The highest BCUT2D eigenvalue weighted by atomic mass is 16.5. The molecule has 0 saturated carbocycles. The maximum Gasteiger partial charge on any atom is 0.235 e. The molecule has 5 nitrogen and oxygen atoms in total. The van der Waals surface area contributed by atoms with Gasteiger partial charge in [-0.2, -0.15) is 0 Å². The van der Waals surface area contributed by atoms with Gasteiger partial charge in [0.05, 0.1) is 33.0 Å². The lowest BCUT2D eigenvalue weighted by Crippen LogP contribution is -2.15. The Labute approximate surface area is 263 Å². The van der Waals surface area contributed by atoms with Crippen molar-refractivity contribution < 1.29 is 9.15 Å². The van der Waals surface area contributed by atoms with Crippen LogP contribution in [0.3, 0.4) is 0 Å². The summed E-state index contributed by atoms with van der Waals surface area (Å²) >= 11 is 0. The molecule has 11 rings (SSSR count). The molecule has 0 atom stereocenters. The molecule has 0 amide bonds. The summed E-state index contributed by atoms with van der Waals surface area (Å²) in [5, 5.41) is 5.40. The van der Waals surface area contributed by atoms with Crippen molar-refractivity contribution in [1.29, 1.82) is 0 Å². The van der Waals surface area contributed by atoms with E-state index in [9.17, 15) is 0 Å². The molecule has 9 aromatic rings. The minimum Gasteiger partial charge on any atom is -0.456 e. The Morgan fingerprint density at radius 2 is 1.39 bits per heavy atom. The second kappa shape index (κ2) is 8.20. The Kier molecular flexibility index (Phi) is 4.35. The first-order valence-electron chi connectivity index (χ1n) is 15.7. The summed E-state index contributed by atoms with van der Waals surface area (Å²) in [7, 11) is 0. The maximum absolute atomic E-state index is 6.42. The van der Waals surface area contributed by atoms with Crippen LogP contribution in [-0.2, 0) is 5.41 Å². The van der Waals surface area contributed by atoms with Gasteiger partial charge >= 0.3 is 0 Å². The molecular formula is C41H25N3O2. The molecule has 0 spiro atoms. The molecule has 46 heavy (non-hydrogen) atoms. The van der Waals surface area contributed by atoms with E-state index >= 15 is 0 Å². The van der Waals surface area contributed by atoms with E-state index in [0.717, 1.165) is 72.0 Å². The van der Waals surface area contributed by atoms with E-state index in [4.69, 9.17) is 19.1 Å². The third-order valence-electron chi connectivity index (χ3n) is 10.2. The van der Waals surface area contributed by atoms with Crippen molar-refractivity contribution in [2.45, 2.75) is 19.3 Å². The third-order valence-corrected chi connectivity index (χ3v) is 10.2. The fraction of sp³-hybridized carbons (Fsp3) is 0.0732. The van der Waals surface area contributed by atoms with E-state index in [2.05, 4.69) is 91.2 Å². The number of furan rings is 1. The van der Waals surface area contributed by atoms with Gasteiger partial charge in [-0.15, -0.1) is 0 Å². The summed E-state index contributed by atoms with van der Waals surface area (Å²) < 4.78 is 15.0. The van der Waals surface area contributed by atoms with Crippen LogP contribution in [0.4, 0.5) is 0 Å².